The first kappa shape index (κ1) is 18.2. The summed E-state index contributed by atoms with van der Waals surface area (Å²) in [6, 6.07) is 1.75. The second-order valence-corrected chi connectivity index (χ2v) is 8.41. The molecule has 0 radical (unpaired) electrons. The Hall–Kier alpha value is -3.21. The monoisotopic (exact) mass is 400 g/mol. The molecule has 0 amide bonds. The van der Waals surface area contributed by atoms with Gasteiger partial charge in [0, 0.05) is 49.9 Å². The van der Waals surface area contributed by atoms with Crippen LogP contribution in [0.3, 0.4) is 0 Å². The highest BCUT2D eigenvalue weighted by molar-refractivity contribution is 7.90. The lowest BCUT2D eigenvalue weighted by molar-refractivity contribution is 0.581. The van der Waals surface area contributed by atoms with Crippen molar-refractivity contribution in [1.82, 2.24) is 38.5 Å². The maximum Gasteiger partial charge on any atom is 0.286 e. The van der Waals surface area contributed by atoms with Crippen LogP contribution >= 0.6 is 0 Å². The van der Waals surface area contributed by atoms with Crippen molar-refractivity contribution in [1.29, 1.82) is 0 Å². The summed E-state index contributed by atoms with van der Waals surface area (Å²) in [4.78, 5) is 0.0651. The number of nitrogens with zero attached hydrogens (tertiary/aromatic N) is 8. The lowest BCUT2D eigenvalue weighted by Gasteiger charge is -2.06. The van der Waals surface area contributed by atoms with E-state index >= 15 is 0 Å². The molecule has 0 unspecified atom stereocenters. The van der Waals surface area contributed by atoms with Crippen molar-refractivity contribution < 1.29 is 8.42 Å². The molecule has 4 aromatic rings. The molecule has 0 bridgehead atoms. The molecule has 0 aromatic carbocycles. The zero-order valence-electron chi connectivity index (χ0n) is 16.2. The minimum atomic E-state index is -3.94. The van der Waals surface area contributed by atoms with Gasteiger partial charge >= 0.3 is 0 Å². The molecule has 0 spiro atoms. The van der Waals surface area contributed by atoms with Gasteiger partial charge < -0.3 is 0 Å². The molecule has 4 heterocycles. The normalized spacial score (nSPS) is 12.0. The Kier molecular flexibility index (Phi) is 4.00. The first-order valence-corrected chi connectivity index (χ1v) is 9.96. The first-order chi connectivity index (χ1) is 13.2. The van der Waals surface area contributed by atoms with Gasteiger partial charge in [0.25, 0.3) is 10.0 Å². The summed E-state index contributed by atoms with van der Waals surface area (Å²) in [6.07, 6.45) is 6.08. The topological polar surface area (TPSA) is 105 Å². The number of hydrogen-bond acceptors (Lipinski definition) is 6. The van der Waals surface area contributed by atoms with E-state index in [0.29, 0.717) is 17.0 Å². The second-order valence-electron chi connectivity index (χ2n) is 6.65. The summed E-state index contributed by atoms with van der Waals surface area (Å²) in [5.41, 5.74) is 4.14. The summed E-state index contributed by atoms with van der Waals surface area (Å²) >= 11 is 0. The zero-order chi connectivity index (χ0) is 20.2. The van der Waals surface area contributed by atoms with Crippen LogP contribution in [0.25, 0.3) is 22.5 Å². The van der Waals surface area contributed by atoms with E-state index in [1.165, 1.54) is 17.1 Å². The van der Waals surface area contributed by atoms with Crippen LogP contribution in [0.1, 0.15) is 11.4 Å². The summed E-state index contributed by atoms with van der Waals surface area (Å²) in [5, 5.41) is 16.9. The summed E-state index contributed by atoms with van der Waals surface area (Å²) < 4.78 is 32.5. The van der Waals surface area contributed by atoms with Crippen LogP contribution in [-0.2, 0) is 31.2 Å². The van der Waals surface area contributed by atoms with Crippen molar-refractivity contribution in [2.45, 2.75) is 18.7 Å². The molecule has 0 atom stereocenters. The molecule has 28 heavy (non-hydrogen) atoms. The molecule has 11 heteroatoms. The van der Waals surface area contributed by atoms with Crippen molar-refractivity contribution in [2.24, 2.45) is 21.1 Å². The highest BCUT2D eigenvalue weighted by atomic mass is 32.2. The first-order valence-electron chi connectivity index (χ1n) is 8.52. The van der Waals surface area contributed by atoms with Gasteiger partial charge in [-0.1, -0.05) is 0 Å². The molecule has 0 saturated carbocycles. The Morgan fingerprint density at radius 1 is 0.857 bits per heavy atom. The van der Waals surface area contributed by atoms with Crippen LogP contribution < -0.4 is 0 Å². The molecular formula is C17H20N8O2S. The molecule has 4 rings (SSSR count). The van der Waals surface area contributed by atoms with Gasteiger partial charge in [-0.2, -0.15) is 32.9 Å². The van der Waals surface area contributed by atoms with Gasteiger partial charge in [-0.3, -0.25) is 14.0 Å². The predicted octanol–water partition coefficient (Wildman–Crippen LogP) is 1.27. The Balaban J connectivity index is 1.99. The number of rotatable bonds is 4. The third-order valence-electron chi connectivity index (χ3n) is 4.91. The zero-order valence-corrected chi connectivity index (χ0v) is 17.0. The quantitative estimate of drug-likeness (QED) is 0.511. The fraction of sp³-hybridized carbons (Fsp3) is 0.294. The van der Waals surface area contributed by atoms with Crippen LogP contribution in [0, 0.1) is 13.8 Å². The van der Waals surface area contributed by atoms with E-state index < -0.39 is 10.0 Å². The molecular weight excluding hydrogens is 380 g/mol. The smallest absolute Gasteiger partial charge is 0.274 e. The Morgan fingerprint density at radius 2 is 1.46 bits per heavy atom. The van der Waals surface area contributed by atoms with E-state index in [1.54, 1.807) is 41.9 Å². The number of aromatic nitrogens is 8. The summed E-state index contributed by atoms with van der Waals surface area (Å²) in [5.74, 6) is 0. The third kappa shape index (κ3) is 2.66. The molecule has 0 aliphatic heterocycles. The number of hydrogen-bond donors (Lipinski definition) is 0. The molecule has 0 aliphatic rings. The number of aryl methyl sites for hydroxylation is 3. The largest absolute Gasteiger partial charge is 0.286 e. The van der Waals surface area contributed by atoms with Crippen LogP contribution in [0.15, 0.2) is 35.7 Å². The van der Waals surface area contributed by atoms with Gasteiger partial charge in [-0.05, 0) is 19.9 Å². The minimum Gasteiger partial charge on any atom is -0.274 e. The van der Waals surface area contributed by atoms with E-state index in [-0.39, 0.29) is 4.90 Å². The Morgan fingerprint density at radius 3 is 1.96 bits per heavy atom. The van der Waals surface area contributed by atoms with E-state index in [4.69, 9.17) is 0 Å². The molecule has 146 valence electrons. The van der Waals surface area contributed by atoms with Crippen LogP contribution in [0.4, 0.5) is 0 Å². The van der Waals surface area contributed by atoms with E-state index in [9.17, 15) is 8.42 Å². The highest BCUT2D eigenvalue weighted by Crippen LogP contribution is 2.31. The van der Waals surface area contributed by atoms with E-state index in [1.807, 2.05) is 20.9 Å². The second kappa shape index (κ2) is 6.16. The summed E-state index contributed by atoms with van der Waals surface area (Å²) in [7, 11) is 1.36. The SMILES string of the molecule is Cc1c(-c2cc(-c3cnn(C)c3C)n(S(=O)(=O)c3cnn(C)c3)n2)cnn1C. The van der Waals surface area contributed by atoms with E-state index in [2.05, 4.69) is 20.4 Å². The molecule has 0 N–H and O–H groups in total. The maximum atomic E-state index is 13.3. The van der Waals surface area contributed by atoms with Crippen molar-refractivity contribution in [3.8, 4) is 22.5 Å². The van der Waals surface area contributed by atoms with Crippen molar-refractivity contribution in [2.75, 3.05) is 0 Å². The fourth-order valence-electron chi connectivity index (χ4n) is 2.99. The van der Waals surface area contributed by atoms with Crippen LogP contribution in [0.2, 0.25) is 0 Å². The lowest BCUT2D eigenvalue weighted by atomic mass is 10.1. The van der Waals surface area contributed by atoms with Crippen LogP contribution in [-0.4, -0.2) is 46.9 Å². The van der Waals surface area contributed by atoms with Crippen molar-refractivity contribution in [3.05, 3.63) is 42.2 Å². The standard InChI is InChI=1S/C17H20N8O2S/c1-11-14(8-19-23(11)4)16-6-17(15-9-20-24(5)12(15)2)25(21-16)28(26,27)13-7-18-22(3)10-13/h6-10H,1-5H3. The van der Waals surface area contributed by atoms with Gasteiger partial charge in [-0.15, -0.1) is 0 Å². The fourth-order valence-corrected chi connectivity index (χ4v) is 4.26. The maximum absolute atomic E-state index is 13.3. The average Bonchev–Trinajstić information content (AvgIpc) is 3.40. The van der Waals surface area contributed by atoms with Gasteiger partial charge in [0.2, 0.25) is 0 Å². The Bertz CT molecular complexity index is 1290. The molecule has 0 saturated heterocycles. The van der Waals surface area contributed by atoms with Gasteiger partial charge in [0.15, 0.2) is 0 Å². The molecule has 4 aromatic heterocycles. The van der Waals surface area contributed by atoms with Crippen LogP contribution in [0.5, 0.6) is 0 Å². The van der Waals surface area contributed by atoms with Gasteiger partial charge in [0.1, 0.15) is 4.90 Å². The molecule has 0 aliphatic carbocycles. The average molecular weight is 400 g/mol. The molecule has 10 nitrogen and oxygen atoms in total. The Labute approximate surface area is 162 Å². The van der Waals surface area contributed by atoms with Gasteiger partial charge in [0.05, 0.1) is 30.0 Å². The lowest BCUT2D eigenvalue weighted by Crippen LogP contribution is -2.15. The van der Waals surface area contributed by atoms with Crippen molar-refractivity contribution in [3.63, 3.8) is 0 Å². The van der Waals surface area contributed by atoms with E-state index in [0.717, 1.165) is 21.0 Å². The van der Waals surface area contributed by atoms with Crippen molar-refractivity contribution >= 4 is 10.0 Å². The highest BCUT2D eigenvalue weighted by Gasteiger charge is 2.27. The predicted molar refractivity (Wildman–Crippen MR) is 102 cm³/mol. The summed E-state index contributed by atoms with van der Waals surface area (Å²) in [6.45, 7) is 3.79. The van der Waals surface area contributed by atoms with Gasteiger partial charge in [-0.25, -0.2) is 0 Å². The minimum absolute atomic E-state index is 0.0651. The molecule has 0 fully saturated rings. The third-order valence-corrected chi connectivity index (χ3v) is 6.45.